The molecule has 0 aliphatic carbocycles. The summed E-state index contributed by atoms with van der Waals surface area (Å²) < 4.78 is 0. The highest BCUT2D eigenvalue weighted by Crippen LogP contribution is 2.19. The van der Waals surface area contributed by atoms with Crippen molar-refractivity contribution in [2.75, 3.05) is 13.1 Å². The van der Waals surface area contributed by atoms with E-state index in [1.54, 1.807) is 0 Å². The molecule has 1 aliphatic rings. The van der Waals surface area contributed by atoms with Crippen LogP contribution in [-0.2, 0) is 0 Å². The largest absolute Gasteiger partial charge is 0.460 e. The fraction of sp³-hybridized carbons (Fsp3) is 0.600. The van der Waals surface area contributed by atoms with Gasteiger partial charge in [-0.2, -0.15) is 0 Å². The summed E-state index contributed by atoms with van der Waals surface area (Å²) in [5.41, 5.74) is 2.44. The van der Waals surface area contributed by atoms with Gasteiger partial charge >= 0.3 is 0 Å². The SMILES string of the molecule is CCNCCC1=C[N-]C(=C(C)C)N1. The van der Waals surface area contributed by atoms with E-state index in [0.29, 0.717) is 0 Å². The van der Waals surface area contributed by atoms with Crippen LogP contribution in [0, 0.1) is 0 Å². The summed E-state index contributed by atoms with van der Waals surface area (Å²) >= 11 is 0. The van der Waals surface area contributed by atoms with Crippen molar-refractivity contribution in [1.29, 1.82) is 0 Å². The van der Waals surface area contributed by atoms with Gasteiger partial charge in [-0.05, 0) is 33.4 Å². The van der Waals surface area contributed by atoms with Gasteiger partial charge in [0.1, 0.15) is 0 Å². The Kier molecular flexibility index (Phi) is 3.83. The molecule has 0 unspecified atom stereocenters. The monoisotopic (exact) mass is 180 g/mol. The number of allylic oxidation sites excluding steroid dienone is 1. The quantitative estimate of drug-likeness (QED) is 0.650. The molecule has 0 fully saturated rings. The summed E-state index contributed by atoms with van der Waals surface area (Å²) in [6.07, 6.45) is 2.94. The molecule has 13 heavy (non-hydrogen) atoms. The first-order chi connectivity index (χ1) is 6.24. The van der Waals surface area contributed by atoms with Crippen LogP contribution in [0.1, 0.15) is 27.2 Å². The molecule has 0 saturated heterocycles. The first-order valence-electron chi connectivity index (χ1n) is 4.79. The topological polar surface area (TPSA) is 38.2 Å². The molecule has 0 bridgehead atoms. The fourth-order valence-corrected chi connectivity index (χ4v) is 1.14. The van der Waals surface area contributed by atoms with Gasteiger partial charge in [0, 0.05) is 0 Å². The summed E-state index contributed by atoms with van der Waals surface area (Å²) in [5, 5.41) is 10.8. The maximum atomic E-state index is 4.27. The van der Waals surface area contributed by atoms with Crippen molar-refractivity contribution in [1.82, 2.24) is 10.6 Å². The Morgan fingerprint density at radius 1 is 1.54 bits per heavy atom. The van der Waals surface area contributed by atoms with Crippen LogP contribution in [0.2, 0.25) is 0 Å². The van der Waals surface area contributed by atoms with Crippen molar-refractivity contribution >= 4 is 0 Å². The summed E-state index contributed by atoms with van der Waals surface area (Å²) in [6.45, 7) is 8.28. The lowest BCUT2D eigenvalue weighted by Crippen LogP contribution is -2.17. The predicted molar refractivity (Wildman–Crippen MR) is 56.1 cm³/mol. The molecule has 0 saturated carbocycles. The molecule has 3 heteroatoms. The Labute approximate surface area is 80.3 Å². The van der Waals surface area contributed by atoms with Gasteiger partial charge in [0.25, 0.3) is 0 Å². The van der Waals surface area contributed by atoms with E-state index in [-0.39, 0.29) is 0 Å². The highest BCUT2D eigenvalue weighted by Gasteiger charge is 1.98. The summed E-state index contributed by atoms with van der Waals surface area (Å²) in [6, 6.07) is 0. The van der Waals surface area contributed by atoms with E-state index in [4.69, 9.17) is 0 Å². The third-order valence-electron chi connectivity index (χ3n) is 1.92. The molecule has 0 aromatic carbocycles. The van der Waals surface area contributed by atoms with Crippen molar-refractivity contribution in [3.8, 4) is 0 Å². The zero-order valence-electron chi connectivity index (χ0n) is 8.65. The highest BCUT2D eigenvalue weighted by molar-refractivity contribution is 5.37. The van der Waals surface area contributed by atoms with Crippen LogP contribution in [0.4, 0.5) is 0 Å². The Hall–Kier alpha value is -0.960. The lowest BCUT2D eigenvalue weighted by molar-refractivity contribution is 0.698. The van der Waals surface area contributed by atoms with Crippen LogP contribution in [0.5, 0.6) is 0 Å². The zero-order valence-corrected chi connectivity index (χ0v) is 8.65. The van der Waals surface area contributed by atoms with Gasteiger partial charge in [-0.15, -0.1) is 0 Å². The third-order valence-corrected chi connectivity index (χ3v) is 1.92. The minimum absolute atomic E-state index is 1.01. The Bertz CT molecular complexity index is 224. The number of nitrogens with zero attached hydrogens (tertiary/aromatic N) is 1. The van der Waals surface area contributed by atoms with Gasteiger partial charge < -0.3 is 16.0 Å². The lowest BCUT2D eigenvalue weighted by atomic mass is 10.3. The van der Waals surface area contributed by atoms with Crippen LogP contribution >= 0.6 is 0 Å². The van der Waals surface area contributed by atoms with E-state index in [9.17, 15) is 0 Å². The van der Waals surface area contributed by atoms with Crippen molar-refractivity contribution in [2.45, 2.75) is 27.2 Å². The molecule has 0 atom stereocenters. The minimum atomic E-state index is 1.01. The van der Waals surface area contributed by atoms with Crippen molar-refractivity contribution < 1.29 is 0 Å². The second kappa shape index (κ2) is 4.92. The molecule has 1 rings (SSSR count). The van der Waals surface area contributed by atoms with Gasteiger partial charge in [-0.1, -0.05) is 30.2 Å². The average molecular weight is 180 g/mol. The van der Waals surface area contributed by atoms with E-state index in [1.165, 1.54) is 11.3 Å². The van der Waals surface area contributed by atoms with Gasteiger partial charge in [0.05, 0.1) is 0 Å². The van der Waals surface area contributed by atoms with E-state index < -0.39 is 0 Å². The summed E-state index contributed by atoms with van der Waals surface area (Å²) in [4.78, 5) is 0. The van der Waals surface area contributed by atoms with Gasteiger partial charge in [0.15, 0.2) is 0 Å². The average Bonchev–Trinajstić information content (AvgIpc) is 2.53. The fourth-order valence-electron chi connectivity index (χ4n) is 1.14. The Morgan fingerprint density at radius 3 is 2.85 bits per heavy atom. The third kappa shape index (κ3) is 3.11. The van der Waals surface area contributed by atoms with Crippen LogP contribution < -0.4 is 10.6 Å². The molecule has 1 aliphatic heterocycles. The molecular formula is C10H18N3-. The molecule has 0 spiro atoms. The minimum Gasteiger partial charge on any atom is -0.460 e. The zero-order chi connectivity index (χ0) is 9.68. The van der Waals surface area contributed by atoms with E-state index in [0.717, 1.165) is 25.3 Å². The smallest absolute Gasteiger partial charge is 0.00122 e. The molecule has 0 amide bonds. The van der Waals surface area contributed by atoms with E-state index in [2.05, 4.69) is 36.7 Å². The predicted octanol–water partition coefficient (Wildman–Crippen LogP) is 2.06. The molecular weight excluding hydrogens is 162 g/mol. The molecule has 0 aromatic heterocycles. The standard InChI is InChI=1S/C10H18N3/c1-4-11-6-5-9-7-12-10(13-9)8(2)3/h7,11,13H,4-6H2,1-3H3/q-1. The van der Waals surface area contributed by atoms with Crippen LogP contribution in [0.3, 0.4) is 0 Å². The Morgan fingerprint density at radius 2 is 2.31 bits per heavy atom. The highest BCUT2D eigenvalue weighted by atomic mass is 15.1. The second-order valence-electron chi connectivity index (χ2n) is 3.36. The van der Waals surface area contributed by atoms with Gasteiger partial charge in [-0.25, -0.2) is 0 Å². The first kappa shape index (κ1) is 10.1. The molecule has 0 radical (unpaired) electrons. The molecule has 0 aromatic rings. The molecule has 1 heterocycles. The van der Waals surface area contributed by atoms with Crippen molar-refractivity contribution in [2.24, 2.45) is 0 Å². The number of hydrogen-bond acceptors (Lipinski definition) is 2. The van der Waals surface area contributed by atoms with E-state index >= 15 is 0 Å². The van der Waals surface area contributed by atoms with Crippen LogP contribution in [0.15, 0.2) is 23.3 Å². The number of hydrogen-bond donors (Lipinski definition) is 2. The normalized spacial score (nSPS) is 15.0. The maximum absolute atomic E-state index is 4.27. The first-order valence-corrected chi connectivity index (χ1v) is 4.79. The summed E-state index contributed by atoms with van der Waals surface area (Å²) in [5.74, 6) is 1.01. The Balaban J connectivity index is 2.28. The number of rotatable bonds is 4. The lowest BCUT2D eigenvalue weighted by Gasteiger charge is -2.15. The second-order valence-corrected chi connectivity index (χ2v) is 3.36. The van der Waals surface area contributed by atoms with Gasteiger partial charge in [0.2, 0.25) is 0 Å². The van der Waals surface area contributed by atoms with Crippen molar-refractivity contribution in [3.05, 3.63) is 28.6 Å². The van der Waals surface area contributed by atoms with Crippen molar-refractivity contribution in [3.63, 3.8) is 0 Å². The molecule has 74 valence electrons. The molecule has 3 nitrogen and oxygen atoms in total. The van der Waals surface area contributed by atoms with E-state index in [1.807, 2.05) is 6.20 Å². The van der Waals surface area contributed by atoms with Crippen LogP contribution in [-0.4, -0.2) is 13.1 Å². The van der Waals surface area contributed by atoms with Gasteiger partial charge in [-0.3, -0.25) is 0 Å². The summed E-state index contributed by atoms with van der Waals surface area (Å²) in [7, 11) is 0. The van der Waals surface area contributed by atoms with Crippen LogP contribution in [0.25, 0.3) is 5.32 Å². The molecule has 2 N–H and O–H groups in total. The number of nitrogens with one attached hydrogen (secondary N) is 2. The maximum Gasteiger partial charge on any atom is -0.00122 e.